The first-order chi connectivity index (χ1) is 10.3. The molecule has 21 heavy (non-hydrogen) atoms. The summed E-state index contributed by atoms with van der Waals surface area (Å²) in [6.45, 7) is 3.59. The average Bonchev–Trinajstić information content (AvgIpc) is 3.15. The third-order valence-corrected chi connectivity index (χ3v) is 3.58. The smallest absolute Gasteiger partial charge is 0.166 e. The van der Waals surface area contributed by atoms with Crippen LogP contribution in [0.5, 0.6) is 0 Å². The lowest BCUT2D eigenvalue weighted by Gasteiger charge is -2.08. The van der Waals surface area contributed by atoms with Crippen LogP contribution in [-0.2, 0) is 0 Å². The van der Waals surface area contributed by atoms with Crippen molar-refractivity contribution in [3.63, 3.8) is 0 Å². The van der Waals surface area contributed by atoms with E-state index in [1.807, 2.05) is 35.8 Å². The standard InChI is InChI=1S/C16H15N5/c1-11-19-16-14(15-17-7-8-18-15)9-13(10-21(16)20-11)12-5-3-2-4-6-12/h2-6,9-10H,7-8H2,1H3,(H,17,18). The van der Waals surface area contributed by atoms with Crippen LogP contribution in [0.1, 0.15) is 11.4 Å². The molecule has 0 atom stereocenters. The molecule has 1 aliphatic rings. The van der Waals surface area contributed by atoms with Crippen LogP contribution in [0.3, 0.4) is 0 Å². The van der Waals surface area contributed by atoms with Crippen LogP contribution in [0, 0.1) is 6.92 Å². The summed E-state index contributed by atoms with van der Waals surface area (Å²) in [7, 11) is 0. The van der Waals surface area contributed by atoms with E-state index in [2.05, 4.69) is 38.6 Å². The molecule has 5 nitrogen and oxygen atoms in total. The van der Waals surface area contributed by atoms with Gasteiger partial charge in [-0.15, -0.1) is 0 Å². The molecule has 0 radical (unpaired) electrons. The number of hydrogen-bond acceptors (Lipinski definition) is 4. The third-order valence-electron chi connectivity index (χ3n) is 3.58. The molecule has 5 heteroatoms. The number of aryl methyl sites for hydroxylation is 1. The highest BCUT2D eigenvalue weighted by atomic mass is 15.3. The van der Waals surface area contributed by atoms with Crippen LogP contribution in [0.4, 0.5) is 0 Å². The Bertz CT molecular complexity index is 832. The van der Waals surface area contributed by atoms with E-state index in [-0.39, 0.29) is 0 Å². The first-order valence-electron chi connectivity index (χ1n) is 7.02. The number of aromatic nitrogens is 3. The van der Waals surface area contributed by atoms with Gasteiger partial charge < -0.3 is 5.32 Å². The van der Waals surface area contributed by atoms with Gasteiger partial charge in [0, 0.05) is 18.3 Å². The molecule has 1 aliphatic heterocycles. The first-order valence-corrected chi connectivity index (χ1v) is 7.02. The Labute approximate surface area is 122 Å². The normalized spacial score (nSPS) is 14.2. The van der Waals surface area contributed by atoms with Gasteiger partial charge in [-0.2, -0.15) is 5.10 Å². The highest BCUT2D eigenvalue weighted by Crippen LogP contribution is 2.23. The number of nitrogens with one attached hydrogen (secondary N) is 1. The average molecular weight is 277 g/mol. The molecule has 0 fully saturated rings. The molecule has 3 aromatic rings. The van der Waals surface area contributed by atoms with Crippen molar-refractivity contribution in [2.24, 2.45) is 4.99 Å². The lowest BCUT2D eigenvalue weighted by Crippen LogP contribution is -2.20. The monoisotopic (exact) mass is 277 g/mol. The van der Waals surface area contributed by atoms with Gasteiger partial charge in [0.1, 0.15) is 11.7 Å². The topological polar surface area (TPSA) is 54.6 Å². The zero-order chi connectivity index (χ0) is 14.2. The number of hydrogen-bond donors (Lipinski definition) is 1. The van der Waals surface area contributed by atoms with Gasteiger partial charge in [-0.1, -0.05) is 30.3 Å². The fourth-order valence-electron chi connectivity index (χ4n) is 2.63. The summed E-state index contributed by atoms with van der Waals surface area (Å²) in [4.78, 5) is 9.05. The van der Waals surface area contributed by atoms with Gasteiger partial charge >= 0.3 is 0 Å². The lowest BCUT2D eigenvalue weighted by atomic mass is 10.1. The Hall–Kier alpha value is -2.69. The van der Waals surface area contributed by atoms with Gasteiger partial charge in [0.05, 0.1) is 12.1 Å². The molecule has 0 amide bonds. The Morgan fingerprint density at radius 1 is 1.14 bits per heavy atom. The van der Waals surface area contributed by atoms with E-state index in [1.54, 1.807) is 0 Å². The SMILES string of the molecule is Cc1nc2c(C3=NCCN3)cc(-c3ccccc3)cn2n1. The van der Waals surface area contributed by atoms with Crippen molar-refractivity contribution in [3.05, 3.63) is 54.0 Å². The highest BCUT2D eigenvalue weighted by Gasteiger charge is 2.16. The predicted molar refractivity (Wildman–Crippen MR) is 82.6 cm³/mol. The molecular formula is C16H15N5. The van der Waals surface area contributed by atoms with Gasteiger partial charge in [0.2, 0.25) is 0 Å². The van der Waals surface area contributed by atoms with E-state index < -0.39 is 0 Å². The number of aliphatic imine (C=N–C) groups is 1. The van der Waals surface area contributed by atoms with Crippen molar-refractivity contribution < 1.29 is 0 Å². The molecule has 0 spiro atoms. The molecule has 0 bridgehead atoms. The molecule has 4 rings (SSSR count). The second kappa shape index (κ2) is 4.70. The van der Waals surface area contributed by atoms with E-state index in [0.717, 1.165) is 47.1 Å². The summed E-state index contributed by atoms with van der Waals surface area (Å²) >= 11 is 0. The Morgan fingerprint density at radius 3 is 2.76 bits per heavy atom. The van der Waals surface area contributed by atoms with Crippen molar-refractivity contribution in [2.45, 2.75) is 6.92 Å². The second-order valence-corrected chi connectivity index (χ2v) is 5.09. The highest BCUT2D eigenvalue weighted by molar-refractivity contribution is 6.05. The largest absolute Gasteiger partial charge is 0.368 e. The molecule has 1 N–H and O–H groups in total. The number of benzene rings is 1. The van der Waals surface area contributed by atoms with Crippen molar-refractivity contribution in [2.75, 3.05) is 13.1 Å². The molecule has 0 unspecified atom stereocenters. The van der Waals surface area contributed by atoms with Crippen molar-refractivity contribution in [1.29, 1.82) is 0 Å². The minimum Gasteiger partial charge on any atom is -0.368 e. The zero-order valence-corrected chi connectivity index (χ0v) is 11.7. The maximum atomic E-state index is 4.52. The zero-order valence-electron chi connectivity index (χ0n) is 11.7. The molecule has 2 aromatic heterocycles. The Kier molecular flexibility index (Phi) is 2.70. The summed E-state index contributed by atoms with van der Waals surface area (Å²) in [6.07, 6.45) is 2.02. The fourth-order valence-corrected chi connectivity index (χ4v) is 2.63. The van der Waals surface area contributed by atoms with Gasteiger partial charge in [-0.05, 0) is 18.6 Å². The fraction of sp³-hybridized carbons (Fsp3) is 0.188. The number of rotatable bonds is 2. The van der Waals surface area contributed by atoms with Crippen LogP contribution < -0.4 is 5.32 Å². The summed E-state index contributed by atoms with van der Waals surface area (Å²) in [5, 5.41) is 7.78. The van der Waals surface area contributed by atoms with Crippen molar-refractivity contribution in [1.82, 2.24) is 19.9 Å². The lowest BCUT2D eigenvalue weighted by molar-refractivity contribution is 0.929. The number of pyridine rings is 1. The maximum absolute atomic E-state index is 4.52. The minimum absolute atomic E-state index is 0.764. The van der Waals surface area contributed by atoms with Gasteiger partial charge in [0.15, 0.2) is 5.65 Å². The Balaban J connectivity index is 1.97. The predicted octanol–water partition coefficient (Wildman–Crippen LogP) is 2.05. The quantitative estimate of drug-likeness (QED) is 0.780. The van der Waals surface area contributed by atoms with Crippen LogP contribution in [0.15, 0.2) is 47.6 Å². The van der Waals surface area contributed by atoms with Crippen LogP contribution in [-0.4, -0.2) is 33.5 Å². The Morgan fingerprint density at radius 2 is 2.00 bits per heavy atom. The van der Waals surface area contributed by atoms with Crippen LogP contribution in [0.25, 0.3) is 16.8 Å². The second-order valence-electron chi connectivity index (χ2n) is 5.09. The minimum atomic E-state index is 0.764. The summed E-state index contributed by atoms with van der Waals surface area (Å²) in [5.74, 6) is 1.67. The molecule has 0 saturated heterocycles. The number of fused-ring (bicyclic) bond motifs is 1. The van der Waals surface area contributed by atoms with E-state index in [4.69, 9.17) is 0 Å². The van der Waals surface area contributed by atoms with Gasteiger partial charge in [0.25, 0.3) is 0 Å². The van der Waals surface area contributed by atoms with Gasteiger partial charge in [-0.3, -0.25) is 4.99 Å². The summed E-state index contributed by atoms with van der Waals surface area (Å²) in [6, 6.07) is 12.4. The molecule has 0 aliphatic carbocycles. The molecule has 1 aromatic carbocycles. The van der Waals surface area contributed by atoms with E-state index >= 15 is 0 Å². The van der Waals surface area contributed by atoms with Crippen molar-refractivity contribution >= 4 is 11.5 Å². The molecular weight excluding hydrogens is 262 g/mol. The number of amidine groups is 1. The molecule has 104 valence electrons. The molecule has 0 saturated carbocycles. The van der Waals surface area contributed by atoms with E-state index in [9.17, 15) is 0 Å². The molecule has 3 heterocycles. The third kappa shape index (κ3) is 2.07. The van der Waals surface area contributed by atoms with Gasteiger partial charge in [-0.25, -0.2) is 9.50 Å². The number of nitrogens with zero attached hydrogens (tertiary/aromatic N) is 4. The summed E-state index contributed by atoms with van der Waals surface area (Å²) < 4.78 is 1.84. The van der Waals surface area contributed by atoms with E-state index in [1.165, 1.54) is 0 Å². The van der Waals surface area contributed by atoms with Crippen LogP contribution in [0.2, 0.25) is 0 Å². The summed E-state index contributed by atoms with van der Waals surface area (Å²) in [5.41, 5.74) is 4.13. The van der Waals surface area contributed by atoms with E-state index in [0.29, 0.717) is 0 Å². The van der Waals surface area contributed by atoms with Crippen molar-refractivity contribution in [3.8, 4) is 11.1 Å². The van der Waals surface area contributed by atoms with Crippen LogP contribution >= 0.6 is 0 Å². The first kappa shape index (κ1) is 12.1. The maximum Gasteiger partial charge on any atom is 0.166 e.